The number of guanidine groups is 1. The molecule has 3 rings (SSSR count). The van der Waals surface area contributed by atoms with Crippen LogP contribution in [-0.2, 0) is 9.47 Å². The third-order valence-electron chi connectivity index (χ3n) is 3.61. The van der Waals surface area contributed by atoms with Gasteiger partial charge >= 0.3 is 5.97 Å². The smallest absolute Gasteiger partial charge is 0.356 e. The Balaban J connectivity index is 2.07. The lowest BCUT2D eigenvalue weighted by molar-refractivity contribution is -0.00976. The number of aliphatic imine (C=N–C) groups is 1. The second-order valence-corrected chi connectivity index (χ2v) is 4.90. The molecule has 3 heterocycles. The minimum Gasteiger partial charge on any atom is -0.464 e. The number of morpholine rings is 1. The van der Waals surface area contributed by atoms with Crippen LogP contribution in [0.5, 0.6) is 0 Å². The van der Waals surface area contributed by atoms with Crippen molar-refractivity contribution in [1.29, 1.82) is 0 Å². The summed E-state index contributed by atoms with van der Waals surface area (Å²) in [5, 5.41) is 0. The molecule has 7 nitrogen and oxygen atoms in total. The van der Waals surface area contributed by atoms with Crippen LogP contribution >= 0.6 is 0 Å². The van der Waals surface area contributed by atoms with Crippen molar-refractivity contribution in [1.82, 2.24) is 9.88 Å². The predicted molar refractivity (Wildman–Crippen MR) is 71.7 cm³/mol. The van der Waals surface area contributed by atoms with Crippen molar-refractivity contribution >= 4 is 17.6 Å². The second kappa shape index (κ2) is 4.75. The molecule has 1 saturated heterocycles. The molecule has 2 N–H and O–H groups in total. The van der Waals surface area contributed by atoms with Gasteiger partial charge in [-0.15, -0.1) is 0 Å². The van der Waals surface area contributed by atoms with Crippen LogP contribution in [-0.4, -0.2) is 48.2 Å². The van der Waals surface area contributed by atoms with Crippen molar-refractivity contribution in [3.63, 3.8) is 0 Å². The zero-order valence-corrected chi connectivity index (χ0v) is 11.4. The number of hydrogen-bond donors (Lipinski definition) is 1. The van der Waals surface area contributed by atoms with E-state index in [9.17, 15) is 4.79 Å². The number of nitrogens with zero attached hydrogens (tertiary/aromatic N) is 3. The molecule has 2 atom stereocenters. The number of hydrogen-bond acceptors (Lipinski definition) is 7. The molecule has 0 saturated carbocycles. The van der Waals surface area contributed by atoms with E-state index in [1.807, 2.05) is 11.8 Å². The molecule has 2 aliphatic heterocycles. The summed E-state index contributed by atoms with van der Waals surface area (Å²) in [7, 11) is 1.33. The first-order valence-electron chi connectivity index (χ1n) is 6.40. The number of pyridine rings is 1. The van der Waals surface area contributed by atoms with E-state index >= 15 is 0 Å². The van der Waals surface area contributed by atoms with Gasteiger partial charge in [-0.25, -0.2) is 14.8 Å². The summed E-state index contributed by atoms with van der Waals surface area (Å²) in [5.74, 6) is -0.00225. The summed E-state index contributed by atoms with van der Waals surface area (Å²) in [6.07, 6.45) is 1.55. The predicted octanol–water partition coefficient (Wildman–Crippen LogP) is 0.590. The SMILES string of the molecule is COC(=O)c1cc2c(cn1)N=C(N)N1[C@@H]2COC[C@@H]1C. The van der Waals surface area contributed by atoms with Crippen molar-refractivity contribution in [3.05, 3.63) is 23.5 Å². The number of ether oxygens (including phenoxy) is 2. The number of fused-ring (bicyclic) bond motifs is 3. The monoisotopic (exact) mass is 276 g/mol. The van der Waals surface area contributed by atoms with Crippen molar-refractivity contribution in [2.24, 2.45) is 10.7 Å². The minimum absolute atomic E-state index is 0.0438. The van der Waals surface area contributed by atoms with Gasteiger partial charge < -0.3 is 20.1 Å². The van der Waals surface area contributed by atoms with Gasteiger partial charge in [0.25, 0.3) is 0 Å². The molecular formula is C13H16N4O3. The number of esters is 1. The highest BCUT2D eigenvalue weighted by atomic mass is 16.5. The number of carbonyl (C=O) groups is 1. The van der Waals surface area contributed by atoms with E-state index in [4.69, 9.17) is 15.2 Å². The van der Waals surface area contributed by atoms with Crippen LogP contribution in [0, 0.1) is 0 Å². The van der Waals surface area contributed by atoms with Gasteiger partial charge in [-0.05, 0) is 13.0 Å². The molecule has 0 radical (unpaired) electrons. The molecule has 0 aliphatic carbocycles. The Bertz CT molecular complexity index is 587. The lowest BCUT2D eigenvalue weighted by Gasteiger charge is -2.43. The summed E-state index contributed by atoms with van der Waals surface area (Å²) in [4.78, 5) is 22.0. The van der Waals surface area contributed by atoms with Gasteiger partial charge in [-0.2, -0.15) is 0 Å². The molecule has 106 valence electrons. The Morgan fingerprint density at radius 2 is 2.35 bits per heavy atom. The normalized spacial score (nSPS) is 24.5. The number of aromatic nitrogens is 1. The van der Waals surface area contributed by atoms with Crippen LogP contribution in [0.4, 0.5) is 5.69 Å². The fourth-order valence-corrected chi connectivity index (χ4v) is 2.66. The maximum Gasteiger partial charge on any atom is 0.356 e. The molecule has 0 amide bonds. The maximum atomic E-state index is 11.6. The third-order valence-corrected chi connectivity index (χ3v) is 3.61. The number of carbonyl (C=O) groups excluding carboxylic acids is 1. The summed E-state index contributed by atoms with van der Waals surface area (Å²) in [6.45, 7) is 3.15. The molecule has 1 aromatic rings. The van der Waals surface area contributed by atoms with E-state index in [-0.39, 0.29) is 17.8 Å². The van der Waals surface area contributed by atoms with Crippen LogP contribution < -0.4 is 5.73 Å². The second-order valence-electron chi connectivity index (χ2n) is 4.90. The molecule has 20 heavy (non-hydrogen) atoms. The zero-order valence-electron chi connectivity index (χ0n) is 11.4. The van der Waals surface area contributed by atoms with E-state index < -0.39 is 5.97 Å². The summed E-state index contributed by atoms with van der Waals surface area (Å²) in [5.41, 5.74) is 7.85. The van der Waals surface area contributed by atoms with Gasteiger partial charge in [0.05, 0.1) is 44.3 Å². The van der Waals surface area contributed by atoms with Crippen molar-refractivity contribution < 1.29 is 14.3 Å². The van der Waals surface area contributed by atoms with Gasteiger partial charge in [-0.1, -0.05) is 0 Å². The Labute approximate surface area is 116 Å². The average Bonchev–Trinajstić information content (AvgIpc) is 2.46. The Morgan fingerprint density at radius 3 is 3.10 bits per heavy atom. The highest BCUT2D eigenvalue weighted by Crippen LogP contribution is 2.37. The average molecular weight is 276 g/mol. The number of rotatable bonds is 1. The van der Waals surface area contributed by atoms with E-state index in [0.29, 0.717) is 24.9 Å². The summed E-state index contributed by atoms with van der Waals surface area (Å²) < 4.78 is 10.3. The molecule has 0 spiro atoms. The minimum atomic E-state index is -0.466. The first-order chi connectivity index (χ1) is 9.61. The molecule has 0 unspecified atom stereocenters. The lowest BCUT2D eigenvalue weighted by atomic mass is 10.00. The van der Waals surface area contributed by atoms with E-state index in [2.05, 4.69) is 9.98 Å². The third kappa shape index (κ3) is 1.90. The molecular weight excluding hydrogens is 260 g/mol. The number of methoxy groups -OCH3 is 1. The van der Waals surface area contributed by atoms with Gasteiger partial charge in [0, 0.05) is 5.56 Å². The van der Waals surface area contributed by atoms with Crippen molar-refractivity contribution in [2.75, 3.05) is 20.3 Å². The Morgan fingerprint density at radius 1 is 1.55 bits per heavy atom. The summed E-state index contributed by atoms with van der Waals surface area (Å²) in [6, 6.07) is 1.80. The molecule has 7 heteroatoms. The van der Waals surface area contributed by atoms with Crippen LogP contribution in [0.3, 0.4) is 0 Å². The highest BCUT2D eigenvalue weighted by Gasteiger charge is 2.36. The first-order valence-corrected chi connectivity index (χ1v) is 6.40. The Hall–Kier alpha value is -2.15. The maximum absolute atomic E-state index is 11.6. The van der Waals surface area contributed by atoms with Crippen molar-refractivity contribution in [3.8, 4) is 0 Å². The van der Waals surface area contributed by atoms with Gasteiger partial charge in [0.2, 0.25) is 0 Å². The van der Waals surface area contributed by atoms with E-state index in [1.54, 1.807) is 12.3 Å². The Kier molecular flexibility index (Phi) is 3.06. The molecule has 1 aromatic heterocycles. The van der Waals surface area contributed by atoms with Crippen LogP contribution in [0.2, 0.25) is 0 Å². The fraction of sp³-hybridized carbons (Fsp3) is 0.462. The van der Waals surface area contributed by atoms with Gasteiger partial charge in [0.15, 0.2) is 5.96 Å². The highest BCUT2D eigenvalue weighted by molar-refractivity contribution is 5.89. The fourth-order valence-electron chi connectivity index (χ4n) is 2.66. The van der Waals surface area contributed by atoms with Crippen molar-refractivity contribution in [2.45, 2.75) is 19.0 Å². The molecule has 1 fully saturated rings. The summed E-state index contributed by atoms with van der Waals surface area (Å²) >= 11 is 0. The quantitative estimate of drug-likeness (QED) is 0.755. The van der Waals surface area contributed by atoms with Crippen LogP contribution in [0.25, 0.3) is 0 Å². The zero-order chi connectivity index (χ0) is 14.3. The standard InChI is InChI=1S/C13H16N4O3/c1-7-5-20-6-11-8-3-9(12(18)19-2)15-4-10(8)16-13(14)17(7)11/h3-4,7,11H,5-6H2,1-2H3,(H2,14,16)/t7-,11+/m0/s1. The largest absolute Gasteiger partial charge is 0.464 e. The lowest BCUT2D eigenvalue weighted by Crippen LogP contribution is -2.53. The van der Waals surface area contributed by atoms with Gasteiger partial charge in [-0.3, -0.25) is 0 Å². The van der Waals surface area contributed by atoms with Crippen LogP contribution in [0.15, 0.2) is 17.3 Å². The molecule has 2 aliphatic rings. The van der Waals surface area contributed by atoms with Crippen LogP contribution in [0.1, 0.15) is 29.0 Å². The topological polar surface area (TPSA) is 90.0 Å². The van der Waals surface area contributed by atoms with E-state index in [0.717, 1.165) is 5.56 Å². The van der Waals surface area contributed by atoms with Gasteiger partial charge in [0.1, 0.15) is 5.69 Å². The molecule has 0 aromatic carbocycles. The first kappa shape index (κ1) is 12.9. The number of nitrogens with two attached hydrogens (primary N) is 1. The van der Waals surface area contributed by atoms with E-state index in [1.165, 1.54) is 7.11 Å². The molecule has 0 bridgehead atoms.